The molecule has 1 aromatic heterocycles. The van der Waals surface area contributed by atoms with Gasteiger partial charge in [-0.1, -0.05) is 13.0 Å². The van der Waals surface area contributed by atoms with Crippen molar-refractivity contribution in [1.82, 2.24) is 14.5 Å². The summed E-state index contributed by atoms with van der Waals surface area (Å²) in [5.74, 6) is 1.66. The zero-order valence-electron chi connectivity index (χ0n) is 16.9. The molecule has 1 aliphatic rings. The molecule has 3 rings (SSSR count). The van der Waals surface area contributed by atoms with Gasteiger partial charge in [0.15, 0.2) is 14.9 Å². The number of rotatable bonds is 7. The van der Waals surface area contributed by atoms with Crippen LogP contribution in [0.25, 0.3) is 0 Å². The standard InChI is InChI=1S/C20H28N4O2S3/c1-3-29(25,26)14-13-23-12-9-21-19(23)16-7-10-24(11-8-16)20(27)22-17-5-4-6-18(15-17)28-2/h4-6,9,12,15-16H,3,7-8,10-11,13-14H2,1-2H3,(H,22,27). The molecule has 1 N–H and O–H groups in total. The number of nitrogens with one attached hydrogen (secondary N) is 1. The average molecular weight is 453 g/mol. The van der Waals surface area contributed by atoms with Gasteiger partial charge in [0.25, 0.3) is 0 Å². The van der Waals surface area contributed by atoms with E-state index in [0.717, 1.165) is 42.6 Å². The second-order valence-electron chi connectivity index (χ2n) is 7.14. The zero-order valence-corrected chi connectivity index (χ0v) is 19.3. The molecule has 2 heterocycles. The lowest BCUT2D eigenvalue weighted by atomic mass is 9.96. The van der Waals surface area contributed by atoms with Crippen LogP contribution in [0.15, 0.2) is 41.6 Å². The lowest BCUT2D eigenvalue weighted by Crippen LogP contribution is -2.40. The number of likely N-dealkylation sites (tertiary alicyclic amines) is 1. The number of piperidine rings is 1. The summed E-state index contributed by atoms with van der Waals surface area (Å²) in [5.41, 5.74) is 1.01. The monoisotopic (exact) mass is 452 g/mol. The summed E-state index contributed by atoms with van der Waals surface area (Å²) in [6.07, 6.45) is 7.61. The van der Waals surface area contributed by atoms with E-state index in [0.29, 0.717) is 12.5 Å². The predicted octanol–water partition coefficient (Wildman–Crippen LogP) is 3.62. The third-order valence-corrected chi connectivity index (χ3v) is 8.07. The van der Waals surface area contributed by atoms with Crippen LogP contribution < -0.4 is 5.32 Å². The molecule has 29 heavy (non-hydrogen) atoms. The lowest BCUT2D eigenvalue weighted by Gasteiger charge is -2.33. The molecule has 0 saturated carbocycles. The maximum absolute atomic E-state index is 11.8. The van der Waals surface area contributed by atoms with Crippen LogP contribution in [-0.2, 0) is 16.4 Å². The smallest absolute Gasteiger partial charge is 0.173 e. The molecule has 0 aliphatic carbocycles. The van der Waals surface area contributed by atoms with E-state index < -0.39 is 9.84 Å². The maximum Gasteiger partial charge on any atom is 0.173 e. The molecular weight excluding hydrogens is 424 g/mol. The number of thioether (sulfide) groups is 1. The second-order valence-corrected chi connectivity index (χ2v) is 10.9. The fourth-order valence-corrected chi connectivity index (χ4v) is 5.02. The molecule has 0 atom stereocenters. The molecule has 0 bridgehead atoms. The molecule has 0 spiro atoms. The van der Waals surface area contributed by atoms with Gasteiger partial charge in [0.1, 0.15) is 5.82 Å². The Morgan fingerprint density at radius 2 is 2.10 bits per heavy atom. The fraction of sp³-hybridized carbons (Fsp3) is 0.500. The van der Waals surface area contributed by atoms with Gasteiger partial charge in [0.2, 0.25) is 0 Å². The van der Waals surface area contributed by atoms with Crippen LogP contribution in [0.4, 0.5) is 5.69 Å². The highest BCUT2D eigenvalue weighted by molar-refractivity contribution is 7.98. The van der Waals surface area contributed by atoms with Crippen molar-refractivity contribution in [1.29, 1.82) is 0 Å². The van der Waals surface area contributed by atoms with Crippen molar-refractivity contribution in [2.45, 2.75) is 37.1 Å². The molecular formula is C20H28N4O2S3. The van der Waals surface area contributed by atoms with Crippen molar-refractivity contribution in [3.63, 3.8) is 0 Å². The highest BCUT2D eigenvalue weighted by atomic mass is 32.2. The van der Waals surface area contributed by atoms with Gasteiger partial charge in [-0.05, 0) is 49.5 Å². The van der Waals surface area contributed by atoms with Crippen LogP contribution in [0.3, 0.4) is 0 Å². The number of nitrogens with zero attached hydrogens (tertiary/aromatic N) is 3. The summed E-state index contributed by atoms with van der Waals surface area (Å²) in [4.78, 5) is 7.92. The Balaban J connectivity index is 1.55. The third-order valence-electron chi connectivity index (χ3n) is 5.30. The quantitative estimate of drug-likeness (QED) is 0.508. The topological polar surface area (TPSA) is 67.2 Å². The van der Waals surface area contributed by atoms with Crippen molar-refractivity contribution < 1.29 is 8.42 Å². The minimum Gasteiger partial charge on any atom is -0.349 e. The lowest BCUT2D eigenvalue weighted by molar-refractivity contribution is 0.306. The Bertz CT molecular complexity index is 935. The highest BCUT2D eigenvalue weighted by Crippen LogP contribution is 2.28. The Morgan fingerprint density at radius 3 is 2.79 bits per heavy atom. The first kappa shape index (κ1) is 22.1. The van der Waals surface area contributed by atoms with E-state index in [1.54, 1.807) is 24.9 Å². The van der Waals surface area contributed by atoms with Gasteiger partial charge in [0.05, 0.1) is 5.75 Å². The largest absolute Gasteiger partial charge is 0.349 e. The molecule has 2 aromatic rings. The first-order chi connectivity index (χ1) is 13.9. The fourth-order valence-electron chi connectivity index (χ4n) is 3.50. The minimum absolute atomic E-state index is 0.162. The second kappa shape index (κ2) is 9.95. The maximum atomic E-state index is 11.8. The van der Waals surface area contributed by atoms with Crippen LogP contribution in [0.5, 0.6) is 0 Å². The van der Waals surface area contributed by atoms with Crippen LogP contribution in [0.1, 0.15) is 31.5 Å². The Labute approximate surface area is 183 Å². The predicted molar refractivity (Wildman–Crippen MR) is 125 cm³/mol. The molecule has 0 amide bonds. The molecule has 1 fully saturated rings. The Hall–Kier alpha value is -1.58. The number of hydrogen-bond donors (Lipinski definition) is 1. The number of aromatic nitrogens is 2. The van der Waals surface area contributed by atoms with Gasteiger partial charge in [-0.3, -0.25) is 0 Å². The van der Waals surface area contributed by atoms with E-state index in [9.17, 15) is 8.42 Å². The number of thiocarbonyl (C=S) groups is 1. The molecule has 9 heteroatoms. The molecule has 0 radical (unpaired) electrons. The van der Waals surface area contributed by atoms with E-state index >= 15 is 0 Å². The Kier molecular flexibility index (Phi) is 7.59. The van der Waals surface area contributed by atoms with Gasteiger partial charge in [0, 0.05) is 54.3 Å². The molecule has 1 saturated heterocycles. The van der Waals surface area contributed by atoms with Gasteiger partial charge in [-0.25, -0.2) is 13.4 Å². The summed E-state index contributed by atoms with van der Waals surface area (Å²) in [5, 5.41) is 4.10. The number of hydrogen-bond acceptors (Lipinski definition) is 5. The number of anilines is 1. The van der Waals surface area contributed by atoms with Gasteiger partial charge >= 0.3 is 0 Å². The third kappa shape index (κ3) is 5.96. The number of aryl methyl sites for hydroxylation is 1. The molecule has 158 valence electrons. The van der Waals surface area contributed by atoms with Crippen molar-refractivity contribution >= 4 is 44.6 Å². The van der Waals surface area contributed by atoms with Gasteiger partial charge in [-0.15, -0.1) is 11.8 Å². The number of imidazole rings is 1. The van der Waals surface area contributed by atoms with E-state index in [-0.39, 0.29) is 11.5 Å². The van der Waals surface area contributed by atoms with E-state index in [1.807, 2.05) is 22.9 Å². The number of benzene rings is 1. The van der Waals surface area contributed by atoms with E-state index in [2.05, 4.69) is 33.6 Å². The van der Waals surface area contributed by atoms with Crippen molar-refractivity contribution in [3.8, 4) is 0 Å². The van der Waals surface area contributed by atoms with Crippen molar-refractivity contribution in [2.24, 2.45) is 0 Å². The molecule has 1 aliphatic heterocycles. The van der Waals surface area contributed by atoms with E-state index in [1.165, 1.54) is 4.90 Å². The first-order valence-electron chi connectivity index (χ1n) is 9.83. The summed E-state index contributed by atoms with van der Waals surface area (Å²) < 4.78 is 25.7. The van der Waals surface area contributed by atoms with Crippen LogP contribution in [0, 0.1) is 0 Å². The summed E-state index contributed by atoms with van der Waals surface area (Å²) in [7, 11) is -2.98. The van der Waals surface area contributed by atoms with Crippen LogP contribution in [0.2, 0.25) is 0 Å². The average Bonchev–Trinajstić information content (AvgIpc) is 3.21. The summed E-state index contributed by atoms with van der Waals surface area (Å²) in [6.45, 7) is 3.88. The summed E-state index contributed by atoms with van der Waals surface area (Å²) >= 11 is 7.32. The zero-order chi connectivity index (χ0) is 20.9. The minimum atomic E-state index is -2.98. The molecule has 1 aromatic carbocycles. The van der Waals surface area contributed by atoms with Crippen LogP contribution in [-0.4, -0.2) is 58.8 Å². The molecule has 6 nitrogen and oxygen atoms in total. The van der Waals surface area contributed by atoms with Crippen molar-refractivity contribution in [2.75, 3.05) is 36.2 Å². The molecule has 0 unspecified atom stereocenters. The van der Waals surface area contributed by atoms with Gasteiger partial charge in [-0.2, -0.15) is 0 Å². The normalized spacial score (nSPS) is 15.4. The summed E-state index contributed by atoms with van der Waals surface area (Å²) in [6, 6.07) is 8.24. The van der Waals surface area contributed by atoms with Gasteiger partial charge < -0.3 is 14.8 Å². The van der Waals surface area contributed by atoms with Crippen molar-refractivity contribution in [3.05, 3.63) is 42.5 Å². The van der Waals surface area contributed by atoms with E-state index in [4.69, 9.17) is 12.2 Å². The van der Waals surface area contributed by atoms with Crippen LogP contribution >= 0.6 is 24.0 Å². The number of sulfone groups is 1. The highest BCUT2D eigenvalue weighted by Gasteiger charge is 2.25. The SMILES string of the molecule is CCS(=O)(=O)CCn1ccnc1C1CCN(C(=S)Nc2cccc(SC)c2)CC1. The first-order valence-corrected chi connectivity index (χ1v) is 13.3. The Morgan fingerprint density at radius 1 is 1.34 bits per heavy atom.